The highest BCUT2D eigenvalue weighted by atomic mass is 32.2. The predicted molar refractivity (Wildman–Crippen MR) is 125 cm³/mol. The molecule has 2 heterocycles. The molecule has 1 aromatic heterocycles. The van der Waals surface area contributed by atoms with Crippen molar-refractivity contribution in [3.05, 3.63) is 66.5 Å². The summed E-state index contributed by atoms with van der Waals surface area (Å²) in [7, 11) is 0.198. The summed E-state index contributed by atoms with van der Waals surface area (Å²) >= 11 is 0. The normalized spacial score (nSPS) is 16.2. The lowest BCUT2D eigenvalue weighted by Crippen LogP contribution is -2.48. The Balaban J connectivity index is 1.44. The molecule has 0 bridgehead atoms. The second-order valence-electron chi connectivity index (χ2n) is 7.79. The zero-order valence-electron chi connectivity index (χ0n) is 17.8. The molecular weight excluding hydrogens is 410 g/mol. The Labute approximate surface area is 183 Å². The maximum absolute atomic E-state index is 13.3. The third-order valence-electron chi connectivity index (χ3n) is 5.45. The van der Waals surface area contributed by atoms with E-state index >= 15 is 0 Å². The van der Waals surface area contributed by atoms with Crippen LogP contribution in [0, 0.1) is 0 Å². The molecule has 8 heteroatoms. The van der Waals surface area contributed by atoms with Crippen molar-refractivity contribution in [2.75, 3.05) is 51.7 Å². The van der Waals surface area contributed by atoms with Crippen molar-refractivity contribution in [1.82, 2.24) is 19.2 Å². The molecule has 1 aliphatic rings. The maximum Gasteiger partial charge on any atom is 0.243 e. The van der Waals surface area contributed by atoms with Gasteiger partial charge in [-0.1, -0.05) is 42.5 Å². The van der Waals surface area contributed by atoms with Gasteiger partial charge in [-0.15, -0.1) is 0 Å². The fraction of sp³-hybridized carbons (Fsp3) is 0.304. The molecule has 1 saturated heterocycles. The van der Waals surface area contributed by atoms with E-state index < -0.39 is 10.0 Å². The predicted octanol–water partition coefficient (Wildman–Crippen LogP) is 2.72. The van der Waals surface area contributed by atoms with Crippen LogP contribution in [0.4, 0.5) is 5.82 Å². The summed E-state index contributed by atoms with van der Waals surface area (Å²) in [6.07, 6.45) is 5.73. The van der Waals surface area contributed by atoms with E-state index in [2.05, 4.69) is 39.2 Å². The van der Waals surface area contributed by atoms with Crippen LogP contribution >= 0.6 is 0 Å². The molecule has 4 rings (SSSR count). The van der Waals surface area contributed by atoms with E-state index in [0.29, 0.717) is 32.0 Å². The lowest BCUT2D eigenvalue weighted by molar-refractivity contribution is 0.204. The lowest BCUT2D eigenvalue weighted by atomic mass is 10.2. The molecule has 0 saturated carbocycles. The van der Waals surface area contributed by atoms with E-state index in [1.165, 1.54) is 11.9 Å². The van der Waals surface area contributed by atoms with Crippen LogP contribution in [0.3, 0.4) is 0 Å². The van der Waals surface area contributed by atoms with Gasteiger partial charge in [0.2, 0.25) is 10.0 Å². The maximum atomic E-state index is 13.3. The van der Waals surface area contributed by atoms with Gasteiger partial charge in [0, 0.05) is 52.2 Å². The summed E-state index contributed by atoms with van der Waals surface area (Å²) < 4.78 is 28.1. The molecule has 0 atom stereocenters. The Hall–Kier alpha value is -2.81. The number of benzene rings is 2. The minimum Gasteiger partial charge on any atom is -0.362 e. The van der Waals surface area contributed by atoms with Crippen LogP contribution in [0.15, 0.2) is 65.8 Å². The first-order valence-electron chi connectivity index (χ1n) is 10.3. The fourth-order valence-corrected chi connectivity index (χ4v) is 5.19. The SMILES string of the molecule is CN(C)c1ncnc2ccc(S(=O)(=O)N3CCN(C/C=C/c4ccccc4)CC3)cc12. The molecule has 0 amide bonds. The van der Waals surface area contributed by atoms with E-state index in [4.69, 9.17) is 0 Å². The first-order valence-corrected chi connectivity index (χ1v) is 11.8. The molecule has 2 aromatic carbocycles. The van der Waals surface area contributed by atoms with Crippen LogP contribution in [0.5, 0.6) is 0 Å². The molecule has 0 aliphatic carbocycles. The largest absolute Gasteiger partial charge is 0.362 e. The van der Waals surface area contributed by atoms with E-state index in [9.17, 15) is 8.42 Å². The van der Waals surface area contributed by atoms with Crippen molar-refractivity contribution >= 4 is 32.8 Å². The Morgan fingerprint density at radius 2 is 1.74 bits per heavy atom. The third-order valence-corrected chi connectivity index (χ3v) is 7.35. The number of hydrogen-bond donors (Lipinski definition) is 0. The summed E-state index contributed by atoms with van der Waals surface area (Å²) in [4.78, 5) is 13.0. The lowest BCUT2D eigenvalue weighted by Gasteiger charge is -2.33. The van der Waals surface area contributed by atoms with Crippen LogP contribution in [0.2, 0.25) is 0 Å². The van der Waals surface area contributed by atoms with Gasteiger partial charge < -0.3 is 4.90 Å². The van der Waals surface area contributed by atoms with Gasteiger partial charge in [0.15, 0.2) is 0 Å². The van der Waals surface area contributed by atoms with Gasteiger partial charge in [-0.2, -0.15) is 4.31 Å². The summed E-state index contributed by atoms with van der Waals surface area (Å²) in [5, 5.41) is 0.735. The van der Waals surface area contributed by atoms with Gasteiger partial charge in [0.05, 0.1) is 10.4 Å². The zero-order valence-corrected chi connectivity index (χ0v) is 18.7. The quantitative estimate of drug-likeness (QED) is 0.591. The van der Waals surface area contributed by atoms with Crippen molar-refractivity contribution in [2.45, 2.75) is 4.90 Å². The molecule has 0 spiro atoms. The molecule has 0 radical (unpaired) electrons. The van der Waals surface area contributed by atoms with E-state index in [0.717, 1.165) is 17.4 Å². The molecule has 31 heavy (non-hydrogen) atoms. The Bertz CT molecular complexity index is 1170. The number of rotatable bonds is 6. The average molecular weight is 438 g/mol. The van der Waals surface area contributed by atoms with Crippen molar-refractivity contribution in [3.8, 4) is 0 Å². The van der Waals surface area contributed by atoms with Gasteiger partial charge >= 0.3 is 0 Å². The summed E-state index contributed by atoms with van der Waals surface area (Å²) in [6, 6.07) is 15.2. The van der Waals surface area contributed by atoms with Gasteiger partial charge in [-0.05, 0) is 23.8 Å². The molecular formula is C23H27N5O2S. The fourth-order valence-electron chi connectivity index (χ4n) is 3.74. The van der Waals surface area contributed by atoms with Gasteiger partial charge in [0.25, 0.3) is 0 Å². The van der Waals surface area contributed by atoms with E-state index in [-0.39, 0.29) is 4.90 Å². The number of anilines is 1. The highest BCUT2D eigenvalue weighted by Crippen LogP contribution is 2.26. The highest BCUT2D eigenvalue weighted by Gasteiger charge is 2.28. The standard InChI is InChI=1S/C23H27N5O2S/c1-26(2)23-21-17-20(10-11-22(21)24-18-25-23)31(29,30)28-15-13-27(14-16-28)12-6-9-19-7-4-3-5-8-19/h3-11,17-18H,12-16H2,1-2H3/b9-6+. The zero-order chi connectivity index (χ0) is 21.8. The smallest absolute Gasteiger partial charge is 0.243 e. The molecule has 0 N–H and O–H groups in total. The third kappa shape index (κ3) is 4.76. The Morgan fingerprint density at radius 1 is 1.00 bits per heavy atom. The van der Waals surface area contributed by atoms with Crippen molar-refractivity contribution in [1.29, 1.82) is 0 Å². The first-order chi connectivity index (χ1) is 14.9. The average Bonchev–Trinajstić information content (AvgIpc) is 2.79. The second kappa shape index (κ2) is 9.13. The highest BCUT2D eigenvalue weighted by molar-refractivity contribution is 7.89. The second-order valence-corrected chi connectivity index (χ2v) is 9.73. The number of piperazine rings is 1. The first kappa shape index (κ1) is 21.4. The molecule has 0 unspecified atom stereocenters. The number of hydrogen-bond acceptors (Lipinski definition) is 6. The summed E-state index contributed by atoms with van der Waals surface area (Å²) in [6.45, 7) is 3.18. The van der Waals surface area contributed by atoms with Crippen molar-refractivity contribution in [2.24, 2.45) is 0 Å². The van der Waals surface area contributed by atoms with Crippen LogP contribution < -0.4 is 4.90 Å². The topological polar surface area (TPSA) is 69.6 Å². The van der Waals surface area contributed by atoms with Crippen molar-refractivity contribution < 1.29 is 8.42 Å². The Morgan fingerprint density at radius 3 is 2.45 bits per heavy atom. The van der Waals surface area contributed by atoms with Crippen LogP contribution in [0.25, 0.3) is 17.0 Å². The van der Waals surface area contributed by atoms with Crippen LogP contribution in [-0.2, 0) is 10.0 Å². The van der Waals surface area contributed by atoms with Crippen LogP contribution in [0.1, 0.15) is 5.56 Å². The minimum atomic E-state index is -3.57. The molecule has 7 nitrogen and oxygen atoms in total. The van der Waals surface area contributed by atoms with Gasteiger partial charge in [-0.3, -0.25) is 4.90 Å². The number of nitrogens with zero attached hydrogens (tertiary/aromatic N) is 5. The minimum absolute atomic E-state index is 0.287. The molecule has 1 aliphatic heterocycles. The summed E-state index contributed by atoms with van der Waals surface area (Å²) in [5.74, 6) is 0.706. The number of fused-ring (bicyclic) bond motifs is 1. The summed E-state index contributed by atoms with van der Waals surface area (Å²) in [5.41, 5.74) is 1.90. The monoisotopic (exact) mass is 437 g/mol. The van der Waals surface area contributed by atoms with Crippen molar-refractivity contribution in [3.63, 3.8) is 0 Å². The van der Waals surface area contributed by atoms with E-state index in [1.54, 1.807) is 22.5 Å². The van der Waals surface area contributed by atoms with Crippen LogP contribution in [-0.4, -0.2) is 74.4 Å². The molecule has 162 valence electrons. The number of sulfonamides is 1. The molecule has 3 aromatic rings. The number of aromatic nitrogens is 2. The van der Waals surface area contributed by atoms with Gasteiger partial charge in [0.1, 0.15) is 12.1 Å². The molecule has 1 fully saturated rings. The van der Waals surface area contributed by atoms with E-state index in [1.807, 2.05) is 37.2 Å². The Kier molecular flexibility index (Phi) is 6.31. The van der Waals surface area contributed by atoms with Gasteiger partial charge in [-0.25, -0.2) is 18.4 Å².